The van der Waals surface area contributed by atoms with Crippen LogP contribution in [-0.2, 0) is 14.3 Å². The first-order valence-corrected chi connectivity index (χ1v) is 7.92. The maximum absolute atomic E-state index is 12.2. The topological polar surface area (TPSA) is 90.4 Å². The standard InChI is InChI=1S/C16H24N2O5/c1-6-16(7-2)10(4)12(22-11(5)19)14(23-16)18-8-9(3)13(20)17-15(18)21/h8,10,12,14H,6-7H2,1-5H3,(H,17,20,21)/t10-,12?,14-/m1/s1. The van der Waals surface area contributed by atoms with E-state index < -0.39 is 35.2 Å². The minimum Gasteiger partial charge on any atom is -0.457 e. The fraction of sp³-hybridized carbons (Fsp3) is 0.688. The van der Waals surface area contributed by atoms with Crippen LogP contribution in [-0.4, -0.2) is 27.2 Å². The molecule has 1 aliphatic heterocycles. The average molecular weight is 324 g/mol. The van der Waals surface area contributed by atoms with Gasteiger partial charge in [0.2, 0.25) is 0 Å². The van der Waals surface area contributed by atoms with E-state index in [1.54, 1.807) is 6.92 Å². The summed E-state index contributed by atoms with van der Waals surface area (Å²) in [4.78, 5) is 37.5. The summed E-state index contributed by atoms with van der Waals surface area (Å²) in [5, 5.41) is 0. The van der Waals surface area contributed by atoms with Gasteiger partial charge in [-0.2, -0.15) is 0 Å². The fourth-order valence-electron chi connectivity index (χ4n) is 3.36. The van der Waals surface area contributed by atoms with Gasteiger partial charge in [-0.25, -0.2) is 4.79 Å². The van der Waals surface area contributed by atoms with E-state index in [4.69, 9.17) is 9.47 Å². The number of rotatable bonds is 4. The highest BCUT2D eigenvalue weighted by atomic mass is 16.6. The molecule has 1 N–H and O–H groups in total. The van der Waals surface area contributed by atoms with E-state index in [0.717, 1.165) is 12.8 Å². The zero-order chi connectivity index (χ0) is 17.4. The number of hydrogen-bond acceptors (Lipinski definition) is 5. The van der Waals surface area contributed by atoms with Crippen molar-refractivity contribution < 1.29 is 14.3 Å². The van der Waals surface area contributed by atoms with E-state index in [1.807, 2.05) is 20.8 Å². The summed E-state index contributed by atoms with van der Waals surface area (Å²) in [6.45, 7) is 8.93. The first kappa shape index (κ1) is 17.5. The minimum atomic E-state index is -0.753. The lowest BCUT2D eigenvalue weighted by Gasteiger charge is -2.30. The molecule has 128 valence electrons. The van der Waals surface area contributed by atoms with E-state index in [0.29, 0.717) is 5.56 Å². The molecule has 2 rings (SSSR count). The smallest absolute Gasteiger partial charge is 0.330 e. The van der Waals surface area contributed by atoms with Crippen molar-refractivity contribution in [3.8, 4) is 0 Å². The van der Waals surface area contributed by atoms with Crippen molar-refractivity contribution in [3.05, 3.63) is 32.6 Å². The first-order chi connectivity index (χ1) is 10.8. The number of aromatic nitrogens is 2. The molecule has 23 heavy (non-hydrogen) atoms. The molecule has 1 aromatic rings. The summed E-state index contributed by atoms with van der Waals surface area (Å²) in [5.74, 6) is -0.502. The van der Waals surface area contributed by atoms with Crippen molar-refractivity contribution in [2.24, 2.45) is 5.92 Å². The van der Waals surface area contributed by atoms with Gasteiger partial charge >= 0.3 is 11.7 Å². The predicted octanol–water partition coefficient (Wildman–Crippen LogP) is 1.50. The lowest BCUT2D eigenvalue weighted by Crippen LogP contribution is -2.38. The van der Waals surface area contributed by atoms with Gasteiger partial charge in [0.05, 0.1) is 5.60 Å². The molecule has 7 heteroatoms. The second kappa shape index (κ2) is 6.31. The number of nitrogens with one attached hydrogen (secondary N) is 1. The summed E-state index contributed by atoms with van der Waals surface area (Å²) < 4.78 is 13.0. The monoisotopic (exact) mass is 324 g/mol. The number of carbonyl (C=O) groups is 1. The third kappa shape index (κ3) is 2.97. The van der Waals surface area contributed by atoms with Crippen LogP contribution in [0.3, 0.4) is 0 Å². The number of esters is 1. The van der Waals surface area contributed by atoms with Gasteiger partial charge in [0, 0.05) is 24.6 Å². The summed E-state index contributed by atoms with van der Waals surface area (Å²) in [6, 6.07) is 0. The highest BCUT2D eigenvalue weighted by Gasteiger charge is 2.53. The van der Waals surface area contributed by atoms with Crippen LogP contribution in [0, 0.1) is 12.8 Å². The van der Waals surface area contributed by atoms with Gasteiger partial charge in [0.1, 0.15) is 0 Å². The van der Waals surface area contributed by atoms with Crippen LogP contribution in [0.15, 0.2) is 15.8 Å². The van der Waals surface area contributed by atoms with Gasteiger partial charge in [-0.15, -0.1) is 0 Å². The molecular weight excluding hydrogens is 300 g/mol. The third-order valence-electron chi connectivity index (χ3n) is 4.88. The van der Waals surface area contributed by atoms with Crippen molar-refractivity contribution >= 4 is 5.97 Å². The molecule has 0 aliphatic carbocycles. The normalized spacial score (nSPS) is 26.2. The Morgan fingerprint density at radius 2 is 2.00 bits per heavy atom. The lowest BCUT2D eigenvalue weighted by molar-refractivity contribution is -0.154. The van der Waals surface area contributed by atoms with E-state index >= 15 is 0 Å². The predicted molar refractivity (Wildman–Crippen MR) is 84.2 cm³/mol. The molecule has 3 atom stereocenters. The molecule has 0 spiro atoms. The molecular formula is C16H24N2O5. The van der Waals surface area contributed by atoms with Gasteiger partial charge in [-0.3, -0.25) is 19.1 Å². The highest BCUT2D eigenvalue weighted by Crippen LogP contribution is 2.46. The van der Waals surface area contributed by atoms with Crippen molar-refractivity contribution in [1.29, 1.82) is 0 Å². The average Bonchev–Trinajstić information content (AvgIpc) is 2.76. The van der Waals surface area contributed by atoms with Crippen LogP contribution >= 0.6 is 0 Å². The Bertz CT molecular complexity index is 701. The van der Waals surface area contributed by atoms with Gasteiger partial charge in [0.15, 0.2) is 12.3 Å². The Kier molecular flexibility index (Phi) is 4.79. The van der Waals surface area contributed by atoms with Crippen LogP contribution < -0.4 is 11.2 Å². The Hall–Kier alpha value is -1.89. The van der Waals surface area contributed by atoms with Crippen molar-refractivity contribution in [3.63, 3.8) is 0 Å². The lowest BCUT2D eigenvalue weighted by atomic mass is 9.83. The van der Waals surface area contributed by atoms with Gasteiger partial charge in [-0.1, -0.05) is 20.8 Å². The van der Waals surface area contributed by atoms with E-state index in [1.165, 1.54) is 17.7 Å². The molecule has 2 heterocycles. The maximum atomic E-state index is 12.2. The molecule has 1 fully saturated rings. The van der Waals surface area contributed by atoms with Crippen LogP contribution in [0.4, 0.5) is 0 Å². The molecule has 0 bridgehead atoms. The van der Waals surface area contributed by atoms with Crippen molar-refractivity contribution in [2.45, 2.75) is 65.4 Å². The van der Waals surface area contributed by atoms with Gasteiger partial charge in [0.25, 0.3) is 5.56 Å². The van der Waals surface area contributed by atoms with Crippen molar-refractivity contribution in [1.82, 2.24) is 9.55 Å². The van der Waals surface area contributed by atoms with Crippen molar-refractivity contribution in [2.75, 3.05) is 0 Å². The van der Waals surface area contributed by atoms with Gasteiger partial charge < -0.3 is 9.47 Å². The van der Waals surface area contributed by atoms with E-state index in [9.17, 15) is 14.4 Å². The molecule has 1 aliphatic rings. The number of hydrogen-bond donors (Lipinski definition) is 1. The zero-order valence-corrected chi connectivity index (χ0v) is 14.2. The van der Waals surface area contributed by atoms with Gasteiger partial charge in [-0.05, 0) is 19.8 Å². The number of carbonyl (C=O) groups excluding carboxylic acids is 1. The SMILES string of the molecule is CCC1(CC)O[C@@H](n2cc(C)c(=O)[nH]c2=O)C(OC(C)=O)[C@H]1C. The highest BCUT2D eigenvalue weighted by molar-refractivity contribution is 5.66. The molecule has 7 nitrogen and oxygen atoms in total. The molecule has 0 aromatic carbocycles. The van der Waals surface area contributed by atoms with E-state index in [2.05, 4.69) is 4.98 Å². The third-order valence-corrected chi connectivity index (χ3v) is 4.88. The molecule has 1 aromatic heterocycles. The molecule has 1 unspecified atom stereocenters. The molecule has 1 saturated heterocycles. The number of aromatic amines is 1. The number of nitrogens with zero attached hydrogens (tertiary/aromatic N) is 1. The number of ether oxygens (including phenoxy) is 2. The Morgan fingerprint density at radius 3 is 2.52 bits per heavy atom. The molecule has 0 amide bonds. The fourth-order valence-corrected chi connectivity index (χ4v) is 3.36. The largest absolute Gasteiger partial charge is 0.457 e. The Balaban J connectivity index is 2.54. The number of H-pyrrole nitrogens is 1. The first-order valence-electron chi connectivity index (χ1n) is 7.92. The second-order valence-electron chi connectivity index (χ2n) is 6.12. The molecule has 0 saturated carbocycles. The quantitative estimate of drug-likeness (QED) is 0.848. The summed E-state index contributed by atoms with van der Waals surface area (Å²) in [6.07, 6.45) is 1.58. The van der Waals surface area contributed by atoms with E-state index in [-0.39, 0.29) is 5.92 Å². The summed E-state index contributed by atoms with van der Waals surface area (Å²) in [5.41, 5.74) is -1.08. The zero-order valence-electron chi connectivity index (χ0n) is 14.2. The summed E-state index contributed by atoms with van der Waals surface area (Å²) >= 11 is 0. The summed E-state index contributed by atoms with van der Waals surface area (Å²) in [7, 11) is 0. The maximum Gasteiger partial charge on any atom is 0.330 e. The second-order valence-corrected chi connectivity index (χ2v) is 6.12. The molecule has 0 radical (unpaired) electrons. The van der Waals surface area contributed by atoms with Crippen LogP contribution in [0.5, 0.6) is 0 Å². The van der Waals surface area contributed by atoms with Crippen LogP contribution in [0.1, 0.15) is 52.3 Å². The minimum absolute atomic E-state index is 0.0782. The Labute approximate surface area is 134 Å². The number of aryl methyl sites for hydroxylation is 1. The Morgan fingerprint density at radius 1 is 1.39 bits per heavy atom. The van der Waals surface area contributed by atoms with Crippen LogP contribution in [0.2, 0.25) is 0 Å². The van der Waals surface area contributed by atoms with Crippen LogP contribution in [0.25, 0.3) is 0 Å².